The number of rotatable bonds is 4. The molecular formula is C14H22BrN3OS. The number of thioether (sulfide) groups is 1. The number of hydrogen-bond donors (Lipinski definition) is 1. The third-order valence-corrected chi connectivity index (χ3v) is 5.70. The quantitative estimate of drug-likeness (QED) is 0.890. The first kappa shape index (κ1) is 15.9. The fraction of sp³-hybridized carbons (Fsp3) is 0.714. The molecule has 6 heteroatoms. The maximum atomic E-state index is 12.2. The van der Waals surface area contributed by atoms with E-state index in [-0.39, 0.29) is 11.6 Å². The second-order valence-corrected chi connectivity index (χ2v) is 7.50. The van der Waals surface area contributed by atoms with Crippen LogP contribution in [0.5, 0.6) is 0 Å². The first-order valence-corrected chi connectivity index (χ1v) is 9.17. The van der Waals surface area contributed by atoms with E-state index >= 15 is 0 Å². The zero-order valence-corrected chi connectivity index (χ0v) is 14.6. The highest BCUT2D eigenvalue weighted by atomic mass is 79.9. The minimum Gasteiger partial charge on any atom is -0.380 e. The van der Waals surface area contributed by atoms with Gasteiger partial charge in [-0.25, -0.2) is 4.68 Å². The van der Waals surface area contributed by atoms with Crippen LogP contribution in [0.1, 0.15) is 45.6 Å². The summed E-state index contributed by atoms with van der Waals surface area (Å²) in [6, 6.07) is 0.524. The molecular weight excluding hydrogens is 338 g/mol. The first-order chi connectivity index (χ1) is 9.52. The van der Waals surface area contributed by atoms with E-state index in [9.17, 15) is 4.79 Å². The lowest BCUT2D eigenvalue weighted by molar-refractivity contribution is 0.470. The second-order valence-electron chi connectivity index (χ2n) is 5.57. The SMILES string of the molecule is CSC1CCC(Nc2cnn(C(C)C)c(=O)c2Br)CC1. The molecule has 4 nitrogen and oxygen atoms in total. The highest BCUT2D eigenvalue weighted by Crippen LogP contribution is 2.29. The number of halogens is 1. The van der Waals surface area contributed by atoms with Crippen LogP contribution in [-0.2, 0) is 0 Å². The average Bonchev–Trinajstić information content (AvgIpc) is 2.44. The summed E-state index contributed by atoms with van der Waals surface area (Å²) in [6.07, 6.45) is 8.74. The van der Waals surface area contributed by atoms with Gasteiger partial charge in [-0.1, -0.05) is 0 Å². The molecule has 1 heterocycles. The maximum absolute atomic E-state index is 12.2. The number of hydrogen-bond acceptors (Lipinski definition) is 4. The molecule has 1 N–H and O–H groups in total. The largest absolute Gasteiger partial charge is 0.380 e. The van der Waals surface area contributed by atoms with Gasteiger partial charge < -0.3 is 5.32 Å². The maximum Gasteiger partial charge on any atom is 0.283 e. The van der Waals surface area contributed by atoms with Crippen LogP contribution in [0.2, 0.25) is 0 Å². The molecule has 0 saturated heterocycles. The number of nitrogens with one attached hydrogen (secondary N) is 1. The summed E-state index contributed by atoms with van der Waals surface area (Å²) >= 11 is 5.37. The standard InChI is InChI=1S/C14H22BrN3OS/c1-9(2)18-14(19)13(15)12(8-16-18)17-10-4-6-11(20-3)7-5-10/h8-11,17H,4-7H2,1-3H3. The van der Waals surface area contributed by atoms with Gasteiger partial charge in [-0.05, 0) is 61.7 Å². The van der Waals surface area contributed by atoms with E-state index < -0.39 is 0 Å². The van der Waals surface area contributed by atoms with Gasteiger partial charge in [0.15, 0.2) is 0 Å². The van der Waals surface area contributed by atoms with Crippen molar-refractivity contribution in [1.29, 1.82) is 0 Å². The molecule has 112 valence electrons. The van der Waals surface area contributed by atoms with Crippen LogP contribution >= 0.6 is 27.7 Å². The van der Waals surface area contributed by atoms with Crippen LogP contribution in [0.4, 0.5) is 5.69 Å². The van der Waals surface area contributed by atoms with Gasteiger partial charge >= 0.3 is 0 Å². The van der Waals surface area contributed by atoms with Crippen molar-refractivity contribution in [1.82, 2.24) is 9.78 Å². The van der Waals surface area contributed by atoms with Gasteiger partial charge in [0.2, 0.25) is 0 Å². The van der Waals surface area contributed by atoms with Gasteiger partial charge in [0.05, 0.1) is 17.9 Å². The van der Waals surface area contributed by atoms with Crippen LogP contribution in [0.25, 0.3) is 0 Å². The van der Waals surface area contributed by atoms with Crippen LogP contribution in [0.15, 0.2) is 15.5 Å². The van der Waals surface area contributed by atoms with Crippen molar-refractivity contribution in [3.63, 3.8) is 0 Å². The number of anilines is 1. The van der Waals surface area contributed by atoms with E-state index in [0.717, 1.165) is 23.8 Å². The van der Waals surface area contributed by atoms with Gasteiger partial charge in [-0.15, -0.1) is 0 Å². The second kappa shape index (κ2) is 6.98. The minimum absolute atomic E-state index is 0.0669. The molecule has 1 fully saturated rings. The Hall–Kier alpha value is -0.490. The lowest BCUT2D eigenvalue weighted by Crippen LogP contribution is -2.30. The summed E-state index contributed by atoms with van der Waals surface area (Å²) in [5.41, 5.74) is 0.752. The molecule has 1 saturated carbocycles. The Labute approximate surface area is 132 Å². The Balaban J connectivity index is 2.07. The molecule has 0 spiro atoms. The highest BCUT2D eigenvalue weighted by Gasteiger charge is 2.21. The molecule has 0 aliphatic heterocycles. The Kier molecular flexibility index (Phi) is 5.55. The van der Waals surface area contributed by atoms with Crippen molar-refractivity contribution in [2.24, 2.45) is 0 Å². The van der Waals surface area contributed by atoms with Crippen molar-refractivity contribution in [2.45, 2.75) is 56.9 Å². The average molecular weight is 360 g/mol. The van der Waals surface area contributed by atoms with Gasteiger partial charge in [-0.2, -0.15) is 16.9 Å². The topological polar surface area (TPSA) is 46.9 Å². The summed E-state index contributed by atoms with van der Waals surface area (Å²) in [4.78, 5) is 12.2. The molecule has 0 amide bonds. The molecule has 1 aliphatic rings. The van der Waals surface area contributed by atoms with Crippen LogP contribution < -0.4 is 10.9 Å². The van der Waals surface area contributed by atoms with Gasteiger partial charge in [0.25, 0.3) is 5.56 Å². The number of aromatic nitrogens is 2. The van der Waals surface area contributed by atoms with Crippen LogP contribution in [0.3, 0.4) is 0 Å². The molecule has 0 unspecified atom stereocenters. The Morgan fingerprint density at radius 3 is 2.60 bits per heavy atom. The monoisotopic (exact) mass is 359 g/mol. The summed E-state index contributed by atoms with van der Waals surface area (Å²) in [5, 5.41) is 8.51. The third-order valence-electron chi connectivity index (χ3n) is 3.80. The van der Waals surface area contributed by atoms with Crippen LogP contribution in [0, 0.1) is 0 Å². The predicted octanol–water partition coefficient (Wildman–Crippen LogP) is 3.67. The molecule has 1 aromatic rings. The van der Waals surface area contributed by atoms with Crippen molar-refractivity contribution >= 4 is 33.4 Å². The van der Waals surface area contributed by atoms with E-state index in [1.165, 1.54) is 17.5 Å². The minimum atomic E-state index is -0.0669. The fourth-order valence-corrected chi connectivity index (χ4v) is 3.72. The lowest BCUT2D eigenvalue weighted by atomic mass is 9.95. The molecule has 2 rings (SSSR count). The van der Waals surface area contributed by atoms with E-state index in [4.69, 9.17) is 0 Å². The molecule has 1 aromatic heterocycles. The van der Waals surface area contributed by atoms with Crippen molar-refractivity contribution < 1.29 is 0 Å². The molecule has 0 radical (unpaired) electrons. The normalized spacial score (nSPS) is 23.1. The Morgan fingerprint density at radius 1 is 1.40 bits per heavy atom. The van der Waals surface area contributed by atoms with E-state index in [2.05, 4.69) is 32.6 Å². The summed E-state index contributed by atoms with van der Waals surface area (Å²) in [7, 11) is 0. The van der Waals surface area contributed by atoms with Crippen molar-refractivity contribution in [2.75, 3.05) is 11.6 Å². The predicted molar refractivity (Wildman–Crippen MR) is 89.8 cm³/mol. The summed E-state index contributed by atoms with van der Waals surface area (Å²) in [6.45, 7) is 3.91. The Bertz CT molecular complexity index is 510. The van der Waals surface area contributed by atoms with Gasteiger partial charge in [0.1, 0.15) is 4.47 Å². The molecule has 0 aromatic carbocycles. The van der Waals surface area contributed by atoms with Crippen molar-refractivity contribution in [3.05, 3.63) is 21.0 Å². The zero-order chi connectivity index (χ0) is 14.7. The summed E-state index contributed by atoms with van der Waals surface area (Å²) in [5.74, 6) is 0. The van der Waals surface area contributed by atoms with E-state index in [1.807, 2.05) is 25.6 Å². The highest BCUT2D eigenvalue weighted by molar-refractivity contribution is 9.10. The molecule has 0 bridgehead atoms. The fourth-order valence-electron chi connectivity index (χ4n) is 2.58. The molecule has 20 heavy (non-hydrogen) atoms. The van der Waals surface area contributed by atoms with E-state index in [1.54, 1.807) is 6.20 Å². The smallest absolute Gasteiger partial charge is 0.283 e. The first-order valence-electron chi connectivity index (χ1n) is 7.09. The summed E-state index contributed by atoms with van der Waals surface area (Å²) < 4.78 is 2.09. The van der Waals surface area contributed by atoms with Gasteiger partial charge in [0, 0.05) is 11.3 Å². The number of nitrogens with zero attached hydrogens (tertiary/aromatic N) is 2. The lowest BCUT2D eigenvalue weighted by Gasteiger charge is -2.29. The van der Waals surface area contributed by atoms with Gasteiger partial charge in [-0.3, -0.25) is 4.79 Å². The zero-order valence-electron chi connectivity index (χ0n) is 12.2. The van der Waals surface area contributed by atoms with Crippen LogP contribution in [-0.4, -0.2) is 27.3 Å². The third kappa shape index (κ3) is 3.58. The molecule has 0 atom stereocenters. The Morgan fingerprint density at radius 2 is 2.05 bits per heavy atom. The molecule has 1 aliphatic carbocycles. The van der Waals surface area contributed by atoms with Crippen molar-refractivity contribution in [3.8, 4) is 0 Å². The van der Waals surface area contributed by atoms with E-state index in [0.29, 0.717) is 10.5 Å².